The predicted octanol–water partition coefficient (Wildman–Crippen LogP) is 6.90. The van der Waals surface area contributed by atoms with Gasteiger partial charge in [0, 0.05) is 5.02 Å². The van der Waals surface area contributed by atoms with Crippen molar-refractivity contribution in [3.63, 3.8) is 0 Å². The Balaban J connectivity index is 1.84. The SMILES string of the molecule is Cc1nn(-c2ccccc2)c(OC(=O)c2ccc(Cl)cc2)c1Sc1c(F)c(F)c(F)c(F)c1F. The molecule has 3 aromatic carbocycles. The molecule has 0 bridgehead atoms. The number of carbonyl (C=O) groups excluding carboxylic acids is 1. The van der Waals surface area contributed by atoms with Crippen molar-refractivity contribution < 1.29 is 31.5 Å². The van der Waals surface area contributed by atoms with E-state index in [1.807, 2.05) is 0 Å². The first-order valence-corrected chi connectivity index (χ1v) is 10.7. The van der Waals surface area contributed by atoms with E-state index < -0.39 is 40.0 Å². The lowest BCUT2D eigenvalue weighted by Crippen LogP contribution is -2.12. The number of hydrogen-bond acceptors (Lipinski definition) is 4. The fraction of sp³-hybridized carbons (Fsp3) is 0.0435. The molecule has 34 heavy (non-hydrogen) atoms. The maximum atomic E-state index is 14.4. The van der Waals surface area contributed by atoms with Crippen LogP contribution in [0.25, 0.3) is 5.69 Å². The monoisotopic (exact) mass is 510 g/mol. The third-order valence-electron chi connectivity index (χ3n) is 4.61. The zero-order valence-corrected chi connectivity index (χ0v) is 18.7. The molecule has 0 radical (unpaired) electrons. The smallest absolute Gasteiger partial charge is 0.344 e. The summed E-state index contributed by atoms with van der Waals surface area (Å²) < 4.78 is 76.4. The lowest BCUT2D eigenvalue weighted by Gasteiger charge is -2.11. The Labute approximate surface area is 198 Å². The molecule has 0 amide bonds. The number of ether oxygens (including phenoxy) is 1. The van der Waals surface area contributed by atoms with E-state index in [0.29, 0.717) is 10.7 Å². The summed E-state index contributed by atoms with van der Waals surface area (Å²) in [6.07, 6.45) is 0. The van der Waals surface area contributed by atoms with E-state index >= 15 is 0 Å². The molecule has 0 fully saturated rings. The van der Waals surface area contributed by atoms with Gasteiger partial charge in [0.05, 0.1) is 26.7 Å². The van der Waals surface area contributed by atoms with Gasteiger partial charge in [0.1, 0.15) is 0 Å². The average molecular weight is 511 g/mol. The molecule has 1 heterocycles. The maximum Gasteiger partial charge on any atom is 0.344 e. The van der Waals surface area contributed by atoms with Crippen LogP contribution in [0.1, 0.15) is 16.1 Å². The molecule has 4 nitrogen and oxygen atoms in total. The fourth-order valence-electron chi connectivity index (χ4n) is 2.95. The summed E-state index contributed by atoms with van der Waals surface area (Å²) in [7, 11) is 0. The molecule has 0 aliphatic carbocycles. The van der Waals surface area contributed by atoms with Crippen LogP contribution in [0.15, 0.2) is 64.4 Å². The van der Waals surface area contributed by atoms with Gasteiger partial charge in [-0.3, -0.25) is 0 Å². The van der Waals surface area contributed by atoms with Gasteiger partial charge in [0.15, 0.2) is 23.3 Å². The topological polar surface area (TPSA) is 44.1 Å². The Morgan fingerprint density at radius 3 is 2.00 bits per heavy atom. The van der Waals surface area contributed by atoms with E-state index in [2.05, 4.69) is 5.10 Å². The number of esters is 1. The maximum absolute atomic E-state index is 14.4. The van der Waals surface area contributed by atoms with Crippen LogP contribution < -0.4 is 4.74 Å². The molecule has 0 aliphatic rings. The Bertz CT molecular complexity index is 1370. The van der Waals surface area contributed by atoms with Crippen molar-refractivity contribution in [1.82, 2.24) is 9.78 Å². The minimum atomic E-state index is -2.27. The third-order valence-corrected chi connectivity index (χ3v) is 6.10. The molecular formula is C23H12ClF5N2O2S. The number of benzene rings is 3. The molecule has 0 saturated carbocycles. The average Bonchev–Trinajstić information content (AvgIpc) is 3.14. The standard InChI is InChI=1S/C23H12ClF5N2O2S/c1-11-20(34-21-18(28)16(26)15(25)17(27)19(21)29)22(31(30-11)14-5-3-2-4-6-14)33-23(32)12-7-9-13(24)10-8-12/h2-10H,1H3. The highest BCUT2D eigenvalue weighted by molar-refractivity contribution is 7.99. The Hall–Kier alpha value is -3.37. The molecule has 174 valence electrons. The lowest BCUT2D eigenvalue weighted by molar-refractivity contribution is 0.0718. The molecule has 0 saturated heterocycles. The molecule has 0 aliphatic heterocycles. The summed E-state index contributed by atoms with van der Waals surface area (Å²) in [5.41, 5.74) is 0.653. The molecule has 0 unspecified atom stereocenters. The molecule has 4 rings (SSSR count). The summed E-state index contributed by atoms with van der Waals surface area (Å²) in [6, 6.07) is 14.0. The summed E-state index contributed by atoms with van der Waals surface area (Å²) in [6.45, 7) is 1.44. The Morgan fingerprint density at radius 1 is 0.853 bits per heavy atom. The minimum absolute atomic E-state index is 0.107. The first-order valence-electron chi connectivity index (χ1n) is 9.51. The number of aromatic nitrogens is 2. The van der Waals surface area contributed by atoms with Crippen LogP contribution in [0.2, 0.25) is 5.02 Å². The van der Waals surface area contributed by atoms with E-state index in [-0.39, 0.29) is 33.8 Å². The predicted molar refractivity (Wildman–Crippen MR) is 115 cm³/mol. The van der Waals surface area contributed by atoms with E-state index in [1.165, 1.54) is 35.9 Å². The van der Waals surface area contributed by atoms with Crippen molar-refractivity contribution in [3.8, 4) is 11.6 Å². The van der Waals surface area contributed by atoms with Crippen molar-refractivity contribution in [2.75, 3.05) is 0 Å². The molecular weight excluding hydrogens is 499 g/mol. The Morgan fingerprint density at radius 2 is 1.41 bits per heavy atom. The first kappa shape index (κ1) is 23.8. The molecule has 0 spiro atoms. The Kier molecular flexibility index (Phi) is 6.63. The summed E-state index contributed by atoms with van der Waals surface area (Å²) >= 11 is 6.05. The van der Waals surface area contributed by atoms with Crippen molar-refractivity contribution in [1.29, 1.82) is 0 Å². The number of aryl methyl sites for hydroxylation is 1. The molecule has 4 aromatic rings. The lowest BCUT2D eigenvalue weighted by atomic mass is 10.2. The summed E-state index contributed by atoms with van der Waals surface area (Å²) in [5, 5.41) is 4.63. The van der Waals surface area contributed by atoms with Crippen LogP contribution in [0.4, 0.5) is 22.0 Å². The quantitative estimate of drug-likeness (QED) is 0.127. The molecule has 11 heteroatoms. The van der Waals surface area contributed by atoms with E-state index in [1.54, 1.807) is 30.3 Å². The number of halogens is 6. The van der Waals surface area contributed by atoms with Gasteiger partial charge < -0.3 is 4.74 Å². The van der Waals surface area contributed by atoms with Crippen LogP contribution in [0.5, 0.6) is 5.88 Å². The number of para-hydroxylation sites is 1. The fourth-order valence-corrected chi connectivity index (χ4v) is 4.04. The van der Waals surface area contributed by atoms with E-state index in [4.69, 9.17) is 16.3 Å². The van der Waals surface area contributed by atoms with Crippen molar-refractivity contribution in [3.05, 3.63) is 100.0 Å². The highest BCUT2D eigenvalue weighted by atomic mass is 35.5. The normalized spacial score (nSPS) is 11.0. The van der Waals surface area contributed by atoms with Crippen LogP contribution in [0.3, 0.4) is 0 Å². The number of rotatable bonds is 5. The second-order valence-corrected chi connectivity index (χ2v) is 8.32. The van der Waals surface area contributed by atoms with Crippen molar-refractivity contribution in [2.24, 2.45) is 0 Å². The zero-order chi connectivity index (χ0) is 24.6. The largest absolute Gasteiger partial charge is 0.402 e. The molecule has 1 aromatic heterocycles. The molecule has 0 atom stereocenters. The third kappa shape index (κ3) is 4.38. The van der Waals surface area contributed by atoms with Gasteiger partial charge in [-0.15, -0.1) is 0 Å². The van der Waals surface area contributed by atoms with Crippen LogP contribution in [0, 0.1) is 36.0 Å². The van der Waals surface area contributed by atoms with Gasteiger partial charge in [0.2, 0.25) is 11.7 Å². The van der Waals surface area contributed by atoms with Gasteiger partial charge >= 0.3 is 5.97 Å². The highest BCUT2D eigenvalue weighted by Crippen LogP contribution is 2.42. The van der Waals surface area contributed by atoms with Crippen LogP contribution in [-0.2, 0) is 0 Å². The second kappa shape index (κ2) is 9.47. The van der Waals surface area contributed by atoms with E-state index in [0.717, 1.165) is 0 Å². The van der Waals surface area contributed by atoms with Crippen LogP contribution >= 0.6 is 23.4 Å². The summed E-state index contributed by atoms with van der Waals surface area (Å²) in [5.74, 6) is -11.6. The number of hydrogen-bond donors (Lipinski definition) is 0. The van der Waals surface area contributed by atoms with Crippen molar-refractivity contribution >= 4 is 29.3 Å². The van der Waals surface area contributed by atoms with Gasteiger partial charge in [-0.05, 0) is 43.3 Å². The van der Waals surface area contributed by atoms with E-state index in [9.17, 15) is 26.7 Å². The number of nitrogens with zero attached hydrogens (tertiary/aromatic N) is 2. The minimum Gasteiger partial charge on any atom is -0.402 e. The highest BCUT2D eigenvalue weighted by Gasteiger charge is 2.30. The number of carbonyl (C=O) groups is 1. The summed E-state index contributed by atoms with van der Waals surface area (Å²) in [4.78, 5) is 11.5. The molecule has 0 N–H and O–H groups in total. The van der Waals surface area contributed by atoms with Crippen molar-refractivity contribution in [2.45, 2.75) is 16.7 Å². The van der Waals surface area contributed by atoms with Gasteiger partial charge in [-0.1, -0.05) is 41.6 Å². The second-order valence-electron chi connectivity index (χ2n) is 6.86. The van der Waals surface area contributed by atoms with Gasteiger partial charge in [-0.25, -0.2) is 26.7 Å². The first-order chi connectivity index (χ1) is 16.2. The van der Waals surface area contributed by atoms with Crippen LogP contribution in [-0.4, -0.2) is 15.7 Å². The van der Waals surface area contributed by atoms with Gasteiger partial charge in [-0.2, -0.15) is 9.78 Å². The zero-order valence-electron chi connectivity index (χ0n) is 17.1. The van der Waals surface area contributed by atoms with Gasteiger partial charge in [0.25, 0.3) is 0 Å².